The molecule has 0 heterocycles. The van der Waals surface area contributed by atoms with E-state index in [9.17, 15) is 19.7 Å². The minimum absolute atomic E-state index is 0.0270. The SMILES string of the molecule is COC(=O)[C@@H](Cc1ccc(OC)c([N+](=O)[O-])c1)NC(=O)C1c2ccccc2-c2ccccc21. The second-order valence-electron chi connectivity index (χ2n) is 7.66. The Morgan fingerprint density at radius 3 is 2.15 bits per heavy atom. The standard InChI is InChI=1S/C25H22N2O6/c1-32-22-12-11-15(14-21(22)27(30)31)13-20(25(29)33-2)26-24(28)23-18-9-5-3-7-16(18)17-8-4-6-10-19(17)23/h3-12,14,20,23H,13H2,1-2H3,(H,26,28)/t20-/m1/s1. The number of nitrogens with zero attached hydrogens (tertiary/aromatic N) is 1. The number of benzene rings is 3. The Morgan fingerprint density at radius 2 is 1.61 bits per heavy atom. The van der Waals surface area contributed by atoms with Gasteiger partial charge in [-0.15, -0.1) is 0 Å². The van der Waals surface area contributed by atoms with Crippen LogP contribution in [0.1, 0.15) is 22.6 Å². The molecule has 1 aliphatic carbocycles. The third-order valence-corrected chi connectivity index (χ3v) is 5.78. The van der Waals surface area contributed by atoms with Crippen molar-refractivity contribution in [1.82, 2.24) is 5.32 Å². The molecule has 3 aromatic rings. The molecule has 0 aromatic heterocycles. The molecule has 1 aliphatic rings. The van der Waals surface area contributed by atoms with Crippen LogP contribution in [0.25, 0.3) is 11.1 Å². The van der Waals surface area contributed by atoms with Crippen LogP contribution in [0, 0.1) is 10.1 Å². The molecule has 0 saturated heterocycles. The molecule has 33 heavy (non-hydrogen) atoms. The predicted octanol–water partition coefficient (Wildman–Crippen LogP) is 3.62. The van der Waals surface area contributed by atoms with Gasteiger partial charge in [0.15, 0.2) is 5.75 Å². The van der Waals surface area contributed by atoms with Crippen LogP contribution in [-0.4, -0.2) is 37.1 Å². The molecule has 0 spiro atoms. The van der Waals surface area contributed by atoms with Gasteiger partial charge in [-0.05, 0) is 33.9 Å². The molecule has 1 atom stereocenters. The summed E-state index contributed by atoms with van der Waals surface area (Å²) in [7, 11) is 2.58. The average Bonchev–Trinajstić information content (AvgIpc) is 3.17. The van der Waals surface area contributed by atoms with E-state index < -0.39 is 22.9 Å². The second-order valence-corrected chi connectivity index (χ2v) is 7.66. The fraction of sp³-hybridized carbons (Fsp3) is 0.200. The number of methoxy groups -OCH3 is 2. The third-order valence-electron chi connectivity index (χ3n) is 5.78. The van der Waals surface area contributed by atoms with E-state index in [-0.39, 0.29) is 23.8 Å². The Morgan fingerprint density at radius 1 is 1.00 bits per heavy atom. The lowest BCUT2D eigenvalue weighted by Gasteiger charge is -2.20. The van der Waals surface area contributed by atoms with Crippen molar-refractivity contribution in [1.29, 1.82) is 0 Å². The van der Waals surface area contributed by atoms with Crippen molar-refractivity contribution in [2.75, 3.05) is 14.2 Å². The summed E-state index contributed by atoms with van der Waals surface area (Å²) in [4.78, 5) is 36.7. The quantitative estimate of drug-likeness (QED) is 0.337. The highest BCUT2D eigenvalue weighted by Gasteiger charge is 2.35. The van der Waals surface area contributed by atoms with Crippen LogP contribution in [0.5, 0.6) is 5.75 Å². The van der Waals surface area contributed by atoms with Crippen molar-refractivity contribution in [3.63, 3.8) is 0 Å². The van der Waals surface area contributed by atoms with Gasteiger partial charge < -0.3 is 14.8 Å². The monoisotopic (exact) mass is 446 g/mol. The normalized spacial score (nSPS) is 12.9. The van der Waals surface area contributed by atoms with Crippen molar-refractivity contribution < 1.29 is 24.0 Å². The van der Waals surface area contributed by atoms with Gasteiger partial charge in [-0.2, -0.15) is 0 Å². The number of nitro benzene ring substituents is 1. The molecular formula is C25H22N2O6. The highest BCUT2D eigenvalue weighted by molar-refractivity contribution is 5.97. The topological polar surface area (TPSA) is 108 Å². The Hall–Kier alpha value is -4.20. The number of ether oxygens (including phenoxy) is 2. The van der Waals surface area contributed by atoms with Gasteiger partial charge in [0.1, 0.15) is 6.04 Å². The summed E-state index contributed by atoms with van der Waals surface area (Å²) in [5.41, 5.74) is 3.95. The minimum Gasteiger partial charge on any atom is -0.490 e. The first kappa shape index (κ1) is 22.0. The molecule has 0 unspecified atom stereocenters. The number of fused-ring (bicyclic) bond motifs is 3. The Kier molecular flexibility index (Phi) is 6.08. The number of hydrogen-bond acceptors (Lipinski definition) is 6. The fourth-order valence-corrected chi connectivity index (χ4v) is 4.27. The summed E-state index contributed by atoms with van der Waals surface area (Å²) in [6.07, 6.45) is 0.0270. The summed E-state index contributed by atoms with van der Waals surface area (Å²) < 4.78 is 9.93. The van der Waals surface area contributed by atoms with E-state index in [0.29, 0.717) is 5.56 Å². The molecule has 168 valence electrons. The zero-order chi connectivity index (χ0) is 23.5. The summed E-state index contributed by atoms with van der Waals surface area (Å²) in [5.74, 6) is -1.44. The fourth-order valence-electron chi connectivity index (χ4n) is 4.27. The minimum atomic E-state index is -1.02. The maximum Gasteiger partial charge on any atom is 0.328 e. The lowest BCUT2D eigenvalue weighted by atomic mass is 9.95. The van der Waals surface area contributed by atoms with Crippen molar-refractivity contribution >= 4 is 17.6 Å². The lowest BCUT2D eigenvalue weighted by Crippen LogP contribution is -2.45. The zero-order valence-corrected chi connectivity index (χ0v) is 18.1. The van der Waals surface area contributed by atoms with Crippen LogP contribution < -0.4 is 10.1 Å². The molecule has 0 radical (unpaired) electrons. The molecular weight excluding hydrogens is 424 g/mol. The zero-order valence-electron chi connectivity index (χ0n) is 18.1. The number of nitrogens with one attached hydrogen (secondary N) is 1. The van der Waals surface area contributed by atoms with Crippen LogP contribution in [0.3, 0.4) is 0 Å². The van der Waals surface area contributed by atoms with Crippen molar-refractivity contribution in [3.8, 4) is 16.9 Å². The summed E-state index contributed by atoms with van der Waals surface area (Å²) >= 11 is 0. The van der Waals surface area contributed by atoms with Gasteiger partial charge in [0.05, 0.1) is 25.1 Å². The van der Waals surface area contributed by atoms with Gasteiger partial charge in [-0.3, -0.25) is 14.9 Å². The maximum atomic E-state index is 13.4. The van der Waals surface area contributed by atoms with Gasteiger partial charge in [0, 0.05) is 12.5 Å². The second kappa shape index (κ2) is 9.12. The molecule has 8 nitrogen and oxygen atoms in total. The lowest BCUT2D eigenvalue weighted by molar-refractivity contribution is -0.385. The van der Waals surface area contributed by atoms with Crippen molar-refractivity contribution in [2.24, 2.45) is 0 Å². The molecule has 0 bridgehead atoms. The Labute approximate surface area is 190 Å². The van der Waals surface area contributed by atoms with E-state index in [2.05, 4.69) is 5.32 Å². The summed E-state index contributed by atoms with van der Waals surface area (Å²) in [6.45, 7) is 0. The number of carbonyl (C=O) groups is 2. The first-order valence-corrected chi connectivity index (χ1v) is 10.3. The number of esters is 1. The Bertz CT molecular complexity index is 1190. The van der Waals surface area contributed by atoms with Gasteiger partial charge in [0.2, 0.25) is 5.91 Å². The van der Waals surface area contributed by atoms with Crippen LogP contribution in [0.15, 0.2) is 66.7 Å². The van der Waals surface area contributed by atoms with E-state index in [0.717, 1.165) is 22.3 Å². The van der Waals surface area contributed by atoms with E-state index in [1.165, 1.54) is 26.4 Å². The molecule has 4 rings (SSSR count). The van der Waals surface area contributed by atoms with E-state index >= 15 is 0 Å². The smallest absolute Gasteiger partial charge is 0.328 e. The van der Waals surface area contributed by atoms with Crippen molar-refractivity contribution in [2.45, 2.75) is 18.4 Å². The largest absolute Gasteiger partial charge is 0.490 e. The van der Waals surface area contributed by atoms with Gasteiger partial charge in [-0.1, -0.05) is 54.6 Å². The summed E-state index contributed by atoms with van der Waals surface area (Å²) in [6, 6.07) is 18.7. The first-order chi connectivity index (χ1) is 15.9. The molecule has 0 fully saturated rings. The number of carbonyl (C=O) groups excluding carboxylic acids is 2. The first-order valence-electron chi connectivity index (χ1n) is 10.3. The van der Waals surface area contributed by atoms with Crippen LogP contribution in [-0.2, 0) is 20.7 Å². The number of hydrogen-bond donors (Lipinski definition) is 1. The van der Waals surface area contributed by atoms with Crippen molar-refractivity contribution in [3.05, 3.63) is 93.5 Å². The molecule has 8 heteroatoms. The highest BCUT2D eigenvalue weighted by Crippen LogP contribution is 2.44. The number of nitro groups is 1. The molecule has 0 saturated carbocycles. The third kappa shape index (κ3) is 4.15. The molecule has 1 N–H and O–H groups in total. The van der Waals surface area contributed by atoms with Gasteiger partial charge in [-0.25, -0.2) is 4.79 Å². The van der Waals surface area contributed by atoms with E-state index in [1.54, 1.807) is 6.07 Å². The summed E-state index contributed by atoms with van der Waals surface area (Å²) in [5, 5.41) is 14.2. The van der Waals surface area contributed by atoms with E-state index in [4.69, 9.17) is 9.47 Å². The Balaban J connectivity index is 1.63. The van der Waals surface area contributed by atoms with Crippen LogP contribution >= 0.6 is 0 Å². The van der Waals surface area contributed by atoms with Gasteiger partial charge in [0.25, 0.3) is 0 Å². The van der Waals surface area contributed by atoms with E-state index in [1.807, 2.05) is 48.5 Å². The van der Waals surface area contributed by atoms with Crippen LogP contribution in [0.2, 0.25) is 0 Å². The van der Waals surface area contributed by atoms with Gasteiger partial charge >= 0.3 is 11.7 Å². The molecule has 1 amide bonds. The molecule has 3 aromatic carbocycles. The number of rotatable bonds is 7. The molecule has 0 aliphatic heterocycles. The highest BCUT2D eigenvalue weighted by atomic mass is 16.6. The average molecular weight is 446 g/mol. The number of amides is 1. The predicted molar refractivity (Wildman–Crippen MR) is 121 cm³/mol. The maximum absolute atomic E-state index is 13.4. The van der Waals surface area contributed by atoms with Crippen LogP contribution in [0.4, 0.5) is 5.69 Å².